The Kier molecular flexibility index (Phi) is 30.8. The minimum atomic E-state index is 0. The number of nitrogens with zero attached hydrogens (tertiary/aromatic N) is 1. The van der Waals surface area contributed by atoms with Gasteiger partial charge in [-0.1, -0.05) is 0 Å². The first-order valence-electron chi connectivity index (χ1n) is 1.88. The quantitative estimate of drug-likeness (QED) is 0.245. The molecule has 0 spiro atoms. The van der Waals surface area contributed by atoms with Gasteiger partial charge in [-0.05, 0) is 0 Å². The Morgan fingerprint density at radius 1 is 1.38 bits per heavy atom. The van der Waals surface area contributed by atoms with Crippen LogP contribution in [0.1, 0.15) is 0 Å². The average Bonchev–Trinajstić information content (AvgIpc) is 1.33. The zero-order valence-corrected chi connectivity index (χ0v) is 6.80. The zero-order chi connectivity index (χ0) is 6.28. The Morgan fingerprint density at radius 3 is 1.38 bits per heavy atom. The Morgan fingerprint density at radius 2 is 1.38 bits per heavy atom. The summed E-state index contributed by atoms with van der Waals surface area (Å²) < 4.78 is 0. The molecule has 1 N–H and O–H groups in total. The summed E-state index contributed by atoms with van der Waals surface area (Å²) >= 11 is 0. The third-order valence-electron chi connectivity index (χ3n) is 0. The summed E-state index contributed by atoms with van der Waals surface area (Å²) in [7, 11) is 0.120. The van der Waals surface area contributed by atoms with Gasteiger partial charge in [0.15, 0.2) is 5.34 Å². The molecule has 0 aliphatic rings. The van der Waals surface area contributed by atoms with Gasteiger partial charge in [0.2, 0.25) is 0 Å². The molecule has 0 aromatic rings. The van der Waals surface area contributed by atoms with Crippen molar-refractivity contribution in [3.8, 4) is 0 Å². The van der Waals surface area contributed by atoms with E-state index in [0.29, 0.717) is 0 Å². The van der Waals surface area contributed by atoms with Gasteiger partial charge in [-0.25, -0.2) is 0 Å². The Hall–Kier alpha value is 0.214. The predicted octanol–water partition coefficient (Wildman–Crippen LogP) is -1.48. The number of hydrogen-bond acceptors (Lipinski definition) is 2. The van der Waals surface area contributed by atoms with Crippen LogP contribution in [0.15, 0.2) is 5.34 Å². The van der Waals surface area contributed by atoms with E-state index < -0.39 is 0 Å². The fourth-order valence-corrected chi connectivity index (χ4v) is 0. The minimum Gasteiger partial charge on any atom is -0.379 e. The smallest absolute Gasteiger partial charge is 0.379 e. The van der Waals surface area contributed by atoms with Crippen LogP contribution < -0.4 is 18.9 Å². The molecular formula is C3H10LiNO2Si. The molecule has 0 atom stereocenters. The molecule has 0 aliphatic heterocycles. The van der Waals surface area contributed by atoms with Crippen molar-refractivity contribution in [1.29, 1.82) is 0 Å². The maximum Gasteiger partial charge on any atom is 1.00 e. The summed E-state index contributed by atoms with van der Waals surface area (Å²) in [6, 6.07) is 0. The van der Waals surface area contributed by atoms with Crippen LogP contribution in [0.25, 0.3) is 0 Å². The molecule has 0 saturated carbocycles. The van der Waals surface area contributed by atoms with Gasteiger partial charge in [0.25, 0.3) is 0 Å². The Bertz CT molecular complexity index is 41.5. The second-order valence-electron chi connectivity index (χ2n) is 1.58. The van der Waals surface area contributed by atoms with E-state index in [0.717, 1.165) is 0 Å². The molecule has 44 valence electrons. The molecule has 0 aromatic heterocycles. The number of hydrogen-bond donors (Lipinski definition) is 1. The van der Waals surface area contributed by atoms with Crippen LogP contribution in [0.2, 0.25) is 19.6 Å². The van der Waals surface area contributed by atoms with Gasteiger partial charge in [0, 0.05) is 0 Å². The van der Waals surface area contributed by atoms with E-state index in [4.69, 9.17) is 10.1 Å². The fourth-order valence-electron chi connectivity index (χ4n) is 0. The van der Waals surface area contributed by atoms with Crippen molar-refractivity contribution in [1.82, 2.24) is 0 Å². The summed E-state index contributed by atoms with van der Waals surface area (Å²) in [5.41, 5.74) is 0. The van der Waals surface area contributed by atoms with E-state index >= 15 is 0 Å². The van der Waals surface area contributed by atoms with E-state index in [-0.39, 0.29) is 27.7 Å². The van der Waals surface area contributed by atoms with Gasteiger partial charge in [-0.15, -0.1) is 4.91 Å². The summed E-state index contributed by atoms with van der Waals surface area (Å²) in [5.74, 6) is 0. The van der Waals surface area contributed by atoms with Gasteiger partial charge in [-0.3, -0.25) is 8.80 Å². The second kappa shape index (κ2) is 15.7. The predicted molar refractivity (Wildman–Crippen MR) is 30.9 cm³/mol. The molecule has 0 amide bonds. The van der Waals surface area contributed by atoms with Crippen molar-refractivity contribution >= 4 is 8.80 Å². The van der Waals surface area contributed by atoms with Crippen LogP contribution in [0, 0.1) is 4.91 Å². The average molecular weight is 127 g/mol. The van der Waals surface area contributed by atoms with Gasteiger partial charge in [0.1, 0.15) is 0 Å². The van der Waals surface area contributed by atoms with Crippen molar-refractivity contribution in [2.75, 3.05) is 0 Å². The van der Waals surface area contributed by atoms with Crippen molar-refractivity contribution in [2.24, 2.45) is 5.34 Å². The molecule has 0 aliphatic carbocycles. The van der Waals surface area contributed by atoms with E-state index in [1.807, 2.05) is 0 Å². The fraction of sp³-hybridized carbons (Fsp3) is 1.00. The van der Waals surface area contributed by atoms with Gasteiger partial charge < -0.3 is 5.21 Å². The summed E-state index contributed by atoms with van der Waals surface area (Å²) in [6.45, 7) is 6.81. The monoisotopic (exact) mass is 127 g/mol. The molecule has 0 saturated heterocycles. The Balaban J connectivity index is -0.0000000575. The minimum absolute atomic E-state index is 0. The van der Waals surface area contributed by atoms with Crippen LogP contribution in [-0.4, -0.2) is 14.0 Å². The second-order valence-corrected chi connectivity index (χ2v) is 4.58. The molecule has 0 rings (SSSR count). The molecule has 0 bridgehead atoms. The maximum absolute atomic E-state index is 8.11. The van der Waals surface area contributed by atoms with E-state index in [9.17, 15) is 0 Å². The van der Waals surface area contributed by atoms with Gasteiger partial charge >= 0.3 is 18.9 Å². The molecule has 0 radical (unpaired) electrons. The van der Waals surface area contributed by atoms with Gasteiger partial charge in [-0.2, -0.15) is 19.6 Å². The van der Waals surface area contributed by atoms with E-state index in [1.54, 1.807) is 0 Å². The molecule has 5 heteroatoms. The molecule has 0 heterocycles. The van der Waals surface area contributed by atoms with E-state index in [2.05, 4.69) is 19.6 Å². The largest absolute Gasteiger partial charge is 1.00 e. The maximum atomic E-state index is 8.11. The van der Waals surface area contributed by atoms with Crippen LogP contribution in [0.3, 0.4) is 0 Å². The van der Waals surface area contributed by atoms with Crippen LogP contribution in [-0.2, 0) is 0 Å². The standard InChI is InChI=1S/C3H9Si.Li.HNO2/c1-4(2)3;;2-1-3/h1-3H3;;(H,2,3)/q-1;+1;. The van der Waals surface area contributed by atoms with Crippen molar-refractivity contribution in [3.05, 3.63) is 4.91 Å². The van der Waals surface area contributed by atoms with Crippen LogP contribution >= 0.6 is 0 Å². The zero-order valence-electron chi connectivity index (χ0n) is 5.80. The normalized spacial score (nSPS) is 6.00. The molecule has 0 aromatic carbocycles. The summed E-state index contributed by atoms with van der Waals surface area (Å²) in [5, 5.41) is 7.89. The van der Waals surface area contributed by atoms with Crippen LogP contribution in [0.5, 0.6) is 0 Å². The van der Waals surface area contributed by atoms with Crippen molar-refractivity contribution < 1.29 is 24.1 Å². The number of rotatable bonds is 0. The summed E-state index contributed by atoms with van der Waals surface area (Å²) in [4.78, 5) is 8.11. The van der Waals surface area contributed by atoms with Crippen molar-refractivity contribution in [2.45, 2.75) is 19.6 Å². The topological polar surface area (TPSA) is 49.7 Å². The molecule has 0 unspecified atom stereocenters. The van der Waals surface area contributed by atoms with Crippen molar-refractivity contribution in [3.63, 3.8) is 0 Å². The van der Waals surface area contributed by atoms with E-state index in [1.165, 1.54) is 5.34 Å². The first-order chi connectivity index (χ1) is 3.15. The van der Waals surface area contributed by atoms with Gasteiger partial charge in [0.05, 0.1) is 0 Å². The summed E-state index contributed by atoms with van der Waals surface area (Å²) in [6.07, 6.45) is 0. The Labute approximate surface area is 63.2 Å². The molecular weight excluding hydrogens is 117 g/mol. The first kappa shape index (κ1) is 15.7. The van der Waals surface area contributed by atoms with Crippen LogP contribution in [0.4, 0.5) is 0 Å². The molecule has 0 fully saturated rings. The molecule has 8 heavy (non-hydrogen) atoms. The first-order valence-corrected chi connectivity index (χ1v) is 4.88. The third kappa shape index (κ3) is 3680. The molecule has 3 nitrogen and oxygen atoms in total. The SMILES string of the molecule is C[Si-](C)C.O=NO.[Li+]. The third-order valence-corrected chi connectivity index (χ3v) is 0.